The van der Waals surface area contributed by atoms with Crippen LogP contribution in [0.3, 0.4) is 0 Å². The highest BCUT2D eigenvalue weighted by Crippen LogP contribution is 2.35. The van der Waals surface area contributed by atoms with Crippen molar-refractivity contribution in [2.75, 3.05) is 17.7 Å². The van der Waals surface area contributed by atoms with Crippen LogP contribution in [0.15, 0.2) is 97.1 Å². The van der Waals surface area contributed by atoms with E-state index in [9.17, 15) is 23.2 Å². The molecule has 4 aromatic rings. The molecule has 0 aliphatic carbocycles. The van der Waals surface area contributed by atoms with Crippen LogP contribution in [0.4, 0.5) is 25.0 Å². The molecule has 0 aromatic heterocycles. The molecule has 3 amide bonds. The van der Waals surface area contributed by atoms with Gasteiger partial charge in [-0.15, -0.1) is 0 Å². The van der Waals surface area contributed by atoms with Crippen LogP contribution >= 0.6 is 0 Å². The van der Waals surface area contributed by atoms with E-state index in [-0.39, 0.29) is 17.8 Å². The number of hydrogen-bond acceptors (Lipinski definition) is 5. The summed E-state index contributed by atoms with van der Waals surface area (Å²) >= 11 is 0. The highest BCUT2D eigenvalue weighted by molar-refractivity contribution is 6.04. The Morgan fingerprint density at radius 2 is 1.59 bits per heavy atom. The van der Waals surface area contributed by atoms with E-state index in [2.05, 4.69) is 10.6 Å². The lowest BCUT2D eigenvalue weighted by molar-refractivity contribution is -0.121. The molecule has 41 heavy (non-hydrogen) atoms. The first-order valence-electron chi connectivity index (χ1n) is 12.6. The molecule has 2 atom stereocenters. The highest BCUT2D eigenvalue weighted by atomic mass is 19.1. The van der Waals surface area contributed by atoms with Gasteiger partial charge in [-0.1, -0.05) is 30.3 Å². The minimum Gasteiger partial charge on any atom is -0.497 e. The van der Waals surface area contributed by atoms with E-state index in [4.69, 9.17) is 9.47 Å². The minimum atomic E-state index is -1.10. The molecule has 0 spiro atoms. The molecule has 2 unspecified atom stereocenters. The molecule has 0 saturated carbocycles. The van der Waals surface area contributed by atoms with Crippen LogP contribution in [-0.4, -0.2) is 36.0 Å². The maximum atomic E-state index is 13.8. The molecule has 4 aromatic carbocycles. The number of carbonyl (C=O) groups is 3. The van der Waals surface area contributed by atoms with E-state index in [0.29, 0.717) is 22.6 Å². The zero-order valence-corrected chi connectivity index (χ0v) is 21.8. The van der Waals surface area contributed by atoms with Crippen molar-refractivity contribution in [1.29, 1.82) is 0 Å². The Bertz CT molecular complexity index is 1580. The molecule has 1 aliphatic rings. The van der Waals surface area contributed by atoms with Crippen molar-refractivity contribution in [3.63, 3.8) is 0 Å². The molecule has 0 bridgehead atoms. The fourth-order valence-electron chi connectivity index (χ4n) is 4.52. The van der Waals surface area contributed by atoms with Crippen LogP contribution in [-0.2, 0) is 16.1 Å². The standard InChI is InChI=1S/C31H25F2N3O5/c1-40-26-7-2-4-19(16-26)18-36-27(30(38)35-25-6-3-5-23(33)17-25)28(41-31(36)39)20-10-14-24(15-11-20)34-29(37)21-8-12-22(32)13-9-21/h2-17,27-28H,18H2,1H3,(H,34,37)(H,35,38). The fourth-order valence-corrected chi connectivity index (χ4v) is 4.52. The Balaban J connectivity index is 1.40. The van der Waals surface area contributed by atoms with Crippen LogP contribution in [0.25, 0.3) is 0 Å². The number of cyclic esters (lactones) is 1. The molecule has 0 radical (unpaired) electrons. The lowest BCUT2D eigenvalue weighted by Crippen LogP contribution is -2.43. The first-order valence-corrected chi connectivity index (χ1v) is 12.6. The second-order valence-electron chi connectivity index (χ2n) is 9.31. The fraction of sp³-hybridized carbons (Fsp3) is 0.129. The monoisotopic (exact) mass is 557 g/mol. The quantitative estimate of drug-likeness (QED) is 0.280. The van der Waals surface area contributed by atoms with Gasteiger partial charge in [0.1, 0.15) is 17.4 Å². The van der Waals surface area contributed by atoms with Gasteiger partial charge in [0.05, 0.1) is 13.7 Å². The molecular weight excluding hydrogens is 532 g/mol. The Morgan fingerprint density at radius 3 is 2.29 bits per heavy atom. The third-order valence-electron chi connectivity index (χ3n) is 6.54. The summed E-state index contributed by atoms with van der Waals surface area (Å²) in [6.07, 6.45) is -1.70. The Labute approximate surface area is 234 Å². The molecule has 208 valence electrons. The number of hydrogen-bond donors (Lipinski definition) is 2. The molecule has 5 rings (SSSR count). The average Bonchev–Trinajstić information content (AvgIpc) is 3.29. The van der Waals surface area contributed by atoms with E-state index in [1.807, 2.05) is 0 Å². The van der Waals surface area contributed by atoms with Gasteiger partial charge < -0.3 is 20.1 Å². The number of rotatable bonds is 8. The number of benzene rings is 4. The predicted molar refractivity (Wildman–Crippen MR) is 147 cm³/mol. The van der Waals surface area contributed by atoms with Crippen molar-refractivity contribution in [3.05, 3.63) is 125 Å². The third-order valence-corrected chi connectivity index (χ3v) is 6.54. The van der Waals surface area contributed by atoms with Gasteiger partial charge in [0.15, 0.2) is 12.1 Å². The molecule has 10 heteroatoms. The van der Waals surface area contributed by atoms with Gasteiger partial charge in [-0.2, -0.15) is 0 Å². The van der Waals surface area contributed by atoms with Gasteiger partial charge >= 0.3 is 6.09 Å². The molecular formula is C31H25F2N3O5. The van der Waals surface area contributed by atoms with Crippen LogP contribution in [0.1, 0.15) is 27.6 Å². The zero-order chi connectivity index (χ0) is 28.9. The lowest BCUT2D eigenvalue weighted by atomic mass is 10.00. The van der Waals surface area contributed by atoms with Gasteiger partial charge in [-0.3, -0.25) is 14.5 Å². The first-order chi connectivity index (χ1) is 19.8. The van der Waals surface area contributed by atoms with E-state index in [0.717, 1.165) is 0 Å². The second kappa shape index (κ2) is 11.9. The van der Waals surface area contributed by atoms with Crippen LogP contribution < -0.4 is 15.4 Å². The summed E-state index contributed by atoms with van der Waals surface area (Å²) in [5.74, 6) is -1.38. The van der Waals surface area contributed by atoms with Crippen LogP contribution in [0.5, 0.6) is 5.75 Å². The summed E-state index contributed by atoms with van der Waals surface area (Å²) in [5.41, 5.74) is 2.17. The summed E-state index contributed by atoms with van der Waals surface area (Å²) in [6, 6.07) is 23.0. The lowest BCUT2D eigenvalue weighted by Gasteiger charge is -2.24. The van der Waals surface area contributed by atoms with Gasteiger partial charge in [0, 0.05) is 16.9 Å². The molecule has 1 fully saturated rings. The largest absolute Gasteiger partial charge is 0.497 e. The van der Waals surface area contributed by atoms with Crippen LogP contribution in [0.2, 0.25) is 0 Å². The second-order valence-corrected chi connectivity index (χ2v) is 9.31. The van der Waals surface area contributed by atoms with Gasteiger partial charge in [0.2, 0.25) is 0 Å². The highest BCUT2D eigenvalue weighted by Gasteiger charge is 2.47. The summed E-state index contributed by atoms with van der Waals surface area (Å²) in [6.45, 7) is 0.0551. The average molecular weight is 558 g/mol. The van der Waals surface area contributed by atoms with E-state index < -0.39 is 41.7 Å². The summed E-state index contributed by atoms with van der Waals surface area (Å²) in [7, 11) is 1.53. The van der Waals surface area contributed by atoms with E-state index in [1.54, 1.807) is 54.6 Å². The molecule has 1 heterocycles. The smallest absolute Gasteiger partial charge is 0.411 e. The summed E-state index contributed by atoms with van der Waals surface area (Å²) < 4.78 is 37.9. The number of methoxy groups -OCH3 is 1. The summed E-state index contributed by atoms with van der Waals surface area (Å²) in [5, 5.41) is 5.40. The molecule has 1 saturated heterocycles. The maximum absolute atomic E-state index is 13.8. The SMILES string of the molecule is COc1cccc(CN2C(=O)OC(c3ccc(NC(=O)c4ccc(F)cc4)cc3)C2C(=O)Nc2cccc(F)c2)c1. The number of amides is 3. The first kappa shape index (κ1) is 27.3. The number of anilines is 2. The topological polar surface area (TPSA) is 97.0 Å². The maximum Gasteiger partial charge on any atom is 0.411 e. The van der Waals surface area contributed by atoms with Crippen molar-refractivity contribution in [2.45, 2.75) is 18.7 Å². The Morgan fingerprint density at radius 1 is 0.854 bits per heavy atom. The van der Waals surface area contributed by atoms with E-state index >= 15 is 0 Å². The predicted octanol–water partition coefficient (Wildman–Crippen LogP) is 5.93. The molecule has 8 nitrogen and oxygen atoms in total. The minimum absolute atomic E-state index is 0.0551. The van der Waals surface area contributed by atoms with Crippen molar-refractivity contribution in [2.24, 2.45) is 0 Å². The van der Waals surface area contributed by atoms with Gasteiger partial charge in [-0.25, -0.2) is 13.6 Å². The van der Waals surface area contributed by atoms with Crippen molar-refractivity contribution in [3.8, 4) is 5.75 Å². The molecule has 1 aliphatic heterocycles. The van der Waals surface area contributed by atoms with Crippen molar-refractivity contribution in [1.82, 2.24) is 4.90 Å². The van der Waals surface area contributed by atoms with E-state index in [1.165, 1.54) is 54.5 Å². The van der Waals surface area contributed by atoms with Crippen molar-refractivity contribution < 1.29 is 32.6 Å². The van der Waals surface area contributed by atoms with Gasteiger partial charge in [0.25, 0.3) is 11.8 Å². The number of carbonyl (C=O) groups excluding carboxylic acids is 3. The number of ether oxygens (including phenoxy) is 2. The number of nitrogens with one attached hydrogen (secondary N) is 2. The van der Waals surface area contributed by atoms with Gasteiger partial charge in [-0.05, 0) is 77.9 Å². The Hall–Kier alpha value is -5.25. The zero-order valence-electron chi connectivity index (χ0n) is 21.8. The normalized spacial score (nSPS) is 16.2. The van der Waals surface area contributed by atoms with Crippen molar-refractivity contribution >= 4 is 29.3 Å². The third kappa shape index (κ3) is 6.33. The molecule has 2 N–H and O–H groups in total. The Kier molecular flexibility index (Phi) is 7.91. The summed E-state index contributed by atoms with van der Waals surface area (Å²) in [4.78, 5) is 40.5. The number of nitrogens with zero attached hydrogens (tertiary/aromatic N) is 1. The number of halogens is 2. The van der Waals surface area contributed by atoms with Crippen LogP contribution in [0, 0.1) is 11.6 Å².